The Morgan fingerprint density at radius 1 is 1.24 bits per heavy atom. The molecule has 1 aliphatic heterocycles. The molecule has 2 rings (SSSR count). The van der Waals surface area contributed by atoms with Crippen molar-refractivity contribution in [3.63, 3.8) is 0 Å². The molecule has 21 heavy (non-hydrogen) atoms. The summed E-state index contributed by atoms with van der Waals surface area (Å²) in [5, 5.41) is 4.27. The largest absolute Gasteiger partial charge is 0.488 e. The molecular weight excluding hydrogens is 292 g/mol. The summed E-state index contributed by atoms with van der Waals surface area (Å²) in [6.45, 7) is 5.93. The van der Waals surface area contributed by atoms with Crippen LogP contribution in [-0.2, 0) is 14.8 Å². The molecule has 0 bridgehead atoms. The first-order chi connectivity index (χ1) is 9.56. The number of nitrogens with zero attached hydrogens (tertiary/aromatic N) is 1. The highest BCUT2D eigenvalue weighted by Crippen LogP contribution is 2.27. The van der Waals surface area contributed by atoms with Crippen LogP contribution >= 0.6 is 0 Å². The van der Waals surface area contributed by atoms with Gasteiger partial charge in [0.25, 0.3) is 0 Å². The van der Waals surface area contributed by atoms with Crippen LogP contribution in [0.1, 0.15) is 27.2 Å². The zero-order chi connectivity index (χ0) is 15.8. The topological polar surface area (TPSA) is 89.7 Å². The summed E-state index contributed by atoms with van der Waals surface area (Å²) < 4.78 is 28.4. The predicted molar refractivity (Wildman–Crippen MR) is 80.7 cm³/mol. The van der Waals surface area contributed by atoms with Gasteiger partial charge in [-0.2, -0.15) is 0 Å². The first-order valence-electron chi connectivity index (χ1n) is 6.67. The van der Waals surface area contributed by atoms with Crippen molar-refractivity contribution in [2.24, 2.45) is 5.14 Å². The standard InChI is InChI=1S/C14H20N2O4S/c1-14(2,3)20-11-6-4-10(5-7-11)16-9-12(8-13(16)17)21(15,18)19/h4-7,12H,8-9H2,1-3H3,(H2,15,18,19). The van der Waals surface area contributed by atoms with E-state index in [0.29, 0.717) is 11.4 Å². The second-order valence-electron chi connectivity index (χ2n) is 6.13. The number of anilines is 1. The summed E-state index contributed by atoms with van der Waals surface area (Å²) in [4.78, 5) is 13.4. The van der Waals surface area contributed by atoms with Gasteiger partial charge in [-0.05, 0) is 45.0 Å². The molecule has 1 amide bonds. The molecule has 1 fully saturated rings. The summed E-state index contributed by atoms with van der Waals surface area (Å²) in [5.41, 5.74) is 0.344. The Balaban J connectivity index is 2.14. The van der Waals surface area contributed by atoms with E-state index in [9.17, 15) is 13.2 Å². The number of ether oxygens (including phenoxy) is 1. The van der Waals surface area contributed by atoms with E-state index < -0.39 is 15.3 Å². The Kier molecular flexibility index (Phi) is 3.99. The Hall–Kier alpha value is -1.60. The van der Waals surface area contributed by atoms with Gasteiger partial charge in [-0.15, -0.1) is 0 Å². The van der Waals surface area contributed by atoms with Gasteiger partial charge in [0.2, 0.25) is 15.9 Å². The van der Waals surface area contributed by atoms with Crippen LogP contribution in [0.5, 0.6) is 5.75 Å². The van der Waals surface area contributed by atoms with Gasteiger partial charge in [-0.25, -0.2) is 13.6 Å². The maximum Gasteiger partial charge on any atom is 0.228 e. The maximum absolute atomic E-state index is 11.9. The minimum absolute atomic E-state index is 0.0704. The third-order valence-electron chi connectivity index (χ3n) is 3.13. The first kappa shape index (κ1) is 15.8. The zero-order valence-corrected chi connectivity index (χ0v) is 13.2. The predicted octanol–water partition coefficient (Wildman–Crippen LogP) is 1.26. The minimum Gasteiger partial charge on any atom is -0.488 e. The minimum atomic E-state index is -3.70. The quantitative estimate of drug-likeness (QED) is 0.909. The van der Waals surface area contributed by atoms with Gasteiger partial charge >= 0.3 is 0 Å². The molecule has 0 aliphatic carbocycles. The fourth-order valence-corrected chi connectivity index (χ4v) is 2.92. The van der Waals surface area contributed by atoms with Crippen LogP contribution in [0, 0.1) is 0 Å². The molecule has 6 nitrogen and oxygen atoms in total. The van der Waals surface area contributed by atoms with E-state index in [0.717, 1.165) is 0 Å². The number of carbonyl (C=O) groups is 1. The van der Waals surface area contributed by atoms with Gasteiger partial charge < -0.3 is 9.64 Å². The SMILES string of the molecule is CC(C)(C)Oc1ccc(N2CC(S(N)(=O)=O)CC2=O)cc1. The van der Waals surface area contributed by atoms with E-state index in [-0.39, 0.29) is 24.5 Å². The van der Waals surface area contributed by atoms with Crippen LogP contribution in [0.25, 0.3) is 0 Å². The maximum atomic E-state index is 11.9. The van der Waals surface area contributed by atoms with Crippen LogP contribution < -0.4 is 14.8 Å². The number of sulfonamides is 1. The lowest BCUT2D eigenvalue weighted by molar-refractivity contribution is -0.117. The molecule has 1 atom stereocenters. The van der Waals surface area contributed by atoms with Crippen LogP contribution in [0.15, 0.2) is 24.3 Å². The molecule has 1 aliphatic rings. The Bertz CT molecular complexity index is 632. The Morgan fingerprint density at radius 2 is 1.81 bits per heavy atom. The molecule has 1 aromatic rings. The molecule has 0 aromatic heterocycles. The molecule has 0 saturated carbocycles. The normalized spacial score (nSPS) is 19.9. The lowest BCUT2D eigenvalue weighted by Gasteiger charge is -2.22. The number of carbonyl (C=O) groups excluding carboxylic acids is 1. The van der Waals surface area contributed by atoms with E-state index in [1.165, 1.54) is 4.90 Å². The molecule has 116 valence electrons. The molecular formula is C14H20N2O4S. The summed E-state index contributed by atoms with van der Waals surface area (Å²) in [5.74, 6) is 0.458. The van der Waals surface area contributed by atoms with Crippen molar-refractivity contribution in [1.82, 2.24) is 0 Å². The Morgan fingerprint density at radius 3 is 2.24 bits per heavy atom. The van der Waals surface area contributed by atoms with Crippen molar-refractivity contribution in [3.05, 3.63) is 24.3 Å². The van der Waals surface area contributed by atoms with Crippen LogP contribution in [0.3, 0.4) is 0 Å². The summed E-state index contributed by atoms with van der Waals surface area (Å²) in [7, 11) is -3.70. The highest BCUT2D eigenvalue weighted by molar-refractivity contribution is 7.89. The van der Waals surface area contributed by atoms with E-state index in [1.807, 2.05) is 20.8 Å². The highest BCUT2D eigenvalue weighted by atomic mass is 32.2. The van der Waals surface area contributed by atoms with Gasteiger partial charge in [-0.1, -0.05) is 0 Å². The number of benzene rings is 1. The number of nitrogens with two attached hydrogens (primary N) is 1. The number of rotatable bonds is 3. The van der Waals surface area contributed by atoms with Crippen molar-refractivity contribution in [1.29, 1.82) is 0 Å². The van der Waals surface area contributed by atoms with Crippen molar-refractivity contribution in [2.75, 3.05) is 11.4 Å². The Labute approximate surface area is 124 Å². The molecule has 1 unspecified atom stereocenters. The van der Waals surface area contributed by atoms with E-state index in [2.05, 4.69) is 0 Å². The smallest absolute Gasteiger partial charge is 0.228 e. The average molecular weight is 312 g/mol. The molecule has 0 spiro atoms. The summed E-state index contributed by atoms with van der Waals surface area (Å²) in [6.07, 6.45) is -0.0704. The third kappa shape index (κ3) is 3.95. The molecule has 2 N–H and O–H groups in total. The van der Waals surface area contributed by atoms with Crippen molar-refractivity contribution >= 4 is 21.6 Å². The van der Waals surface area contributed by atoms with Crippen LogP contribution in [0.2, 0.25) is 0 Å². The van der Waals surface area contributed by atoms with E-state index >= 15 is 0 Å². The summed E-state index contributed by atoms with van der Waals surface area (Å²) in [6, 6.07) is 7.01. The van der Waals surface area contributed by atoms with Crippen LogP contribution in [0.4, 0.5) is 5.69 Å². The number of amides is 1. The molecule has 1 saturated heterocycles. The summed E-state index contributed by atoms with van der Waals surface area (Å²) >= 11 is 0. The lowest BCUT2D eigenvalue weighted by Crippen LogP contribution is -2.32. The van der Waals surface area contributed by atoms with Gasteiger partial charge in [0, 0.05) is 18.7 Å². The third-order valence-corrected chi connectivity index (χ3v) is 4.37. The van der Waals surface area contributed by atoms with Gasteiger partial charge in [0.05, 0.1) is 0 Å². The second-order valence-corrected chi connectivity index (χ2v) is 7.97. The molecule has 7 heteroatoms. The van der Waals surface area contributed by atoms with Crippen molar-refractivity contribution < 1.29 is 17.9 Å². The lowest BCUT2D eigenvalue weighted by atomic mass is 10.2. The number of primary sulfonamides is 1. The van der Waals surface area contributed by atoms with Crippen LogP contribution in [-0.4, -0.2) is 31.7 Å². The monoisotopic (exact) mass is 312 g/mol. The first-order valence-corrected chi connectivity index (χ1v) is 8.28. The number of hydrogen-bond acceptors (Lipinski definition) is 4. The van der Waals surface area contributed by atoms with Gasteiger partial charge in [-0.3, -0.25) is 4.79 Å². The molecule has 1 aromatic carbocycles. The molecule has 1 heterocycles. The highest BCUT2D eigenvalue weighted by Gasteiger charge is 2.37. The average Bonchev–Trinajstić information content (AvgIpc) is 2.70. The zero-order valence-electron chi connectivity index (χ0n) is 12.4. The number of hydrogen-bond donors (Lipinski definition) is 1. The van der Waals surface area contributed by atoms with Crippen molar-refractivity contribution in [2.45, 2.75) is 38.0 Å². The molecule has 0 radical (unpaired) electrons. The van der Waals surface area contributed by atoms with Crippen molar-refractivity contribution in [3.8, 4) is 5.75 Å². The van der Waals surface area contributed by atoms with Gasteiger partial charge in [0.1, 0.15) is 16.6 Å². The fourth-order valence-electron chi connectivity index (χ4n) is 2.19. The van der Waals surface area contributed by atoms with E-state index in [1.54, 1.807) is 24.3 Å². The van der Waals surface area contributed by atoms with E-state index in [4.69, 9.17) is 9.88 Å². The second kappa shape index (κ2) is 5.31. The van der Waals surface area contributed by atoms with Gasteiger partial charge in [0.15, 0.2) is 0 Å². The fraction of sp³-hybridized carbons (Fsp3) is 0.500.